The smallest absolute Gasteiger partial charge is 0.00258 e. The maximum atomic E-state index is 4.21. The summed E-state index contributed by atoms with van der Waals surface area (Å²) in [5, 5.41) is 2.24. The highest BCUT2D eigenvalue weighted by molar-refractivity contribution is 7.40. The topological polar surface area (TPSA) is 0 Å². The lowest BCUT2D eigenvalue weighted by molar-refractivity contribution is 0.896. The predicted octanol–water partition coefficient (Wildman–Crippen LogP) is 8.76. The summed E-state index contributed by atoms with van der Waals surface area (Å²) in [6.07, 6.45) is 13.9. The number of allylic oxidation sites excluding steroid dienone is 9. The zero-order valence-corrected chi connectivity index (χ0v) is 22.6. The van der Waals surface area contributed by atoms with Crippen LogP contribution in [-0.4, -0.2) is 0 Å². The molecule has 1 saturated carbocycles. The Hall–Kier alpha value is -2.43. The van der Waals surface area contributed by atoms with Crippen LogP contribution in [-0.2, 0) is 6.16 Å². The quantitative estimate of drug-likeness (QED) is 0.187. The molecule has 2 rings (SSSR count). The van der Waals surface area contributed by atoms with Gasteiger partial charge in [-0.05, 0) is 95.6 Å². The zero-order chi connectivity index (χ0) is 25.0. The average Bonchev–Trinajstić information content (AvgIpc) is 3.50. The third kappa shape index (κ3) is 8.79. The highest BCUT2D eigenvalue weighted by Crippen LogP contribution is 2.39. The van der Waals surface area contributed by atoms with Crippen molar-refractivity contribution in [2.24, 2.45) is 0 Å². The second-order valence-corrected chi connectivity index (χ2v) is 9.52. The molecule has 0 saturated heterocycles. The molecule has 1 atom stereocenters. The van der Waals surface area contributed by atoms with Crippen LogP contribution in [0.4, 0.5) is 0 Å². The molecule has 1 aliphatic carbocycles. The first-order valence-corrected chi connectivity index (χ1v) is 13.2. The molecule has 0 nitrogen and oxygen atoms in total. The summed E-state index contributed by atoms with van der Waals surface area (Å²) >= 11 is 0. The summed E-state index contributed by atoms with van der Waals surface area (Å²) in [4.78, 5) is 0. The van der Waals surface area contributed by atoms with E-state index in [4.69, 9.17) is 0 Å². The van der Waals surface area contributed by atoms with Crippen molar-refractivity contribution in [2.45, 2.75) is 66.5 Å². The van der Waals surface area contributed by atoms with Crippen LogP contribution in [0.2, 0.25) is 0 Å². The molecular weight excluding hydrogens is 415 g/mol. The molecule has 0 radical (unpaired) electrons. The van der Waals surface area contributed by atoms with Gasteiger partial charge < -0.3 is 0 Å². The van der Waals surface area contributed by atoms with Gasteiger partial charge in [0.15, 0.2) is 0 Å². The van der Waals surface area contributed by atoms with E-state index >= 15 is 0 Å². The lowest BCUT2D eigenvalue weighted by Crippen LogP contribution is -2.28. The number of benzene rings is 1. The van der Waals surface area contributed by atoms with Crippen LogP contribution < -0.4 is 10.4 Å². The monoisotopic (exact) mass is 458 g/mol. The fourth-order valence-corrected chi connectivity index (χ4v) is 5.03. The highest BCUT2D eigenvalue weighted by Gasteiger charge is 2.17. The van der Waals surface area contributed by atoms with E-state index in [0.29, 0.717) is 0 Å². The zero-order valence-electron chi connectivity index (χ0n) is 21.6. The van der Waals surface area contributed by atoms with Crippen LogP contribution in [0.1, 0.15) is 71.4 Å². The van der Waals surface area contributed by atoms with E-state index in [0.717, 1.165) is 37.5 Å². The molecule has 1 aromatic rings. The third-order valence-corrected chi connectivity index (χ3v) is 6.92. The minimum atomic E-state index is 0.763. The van der Waals surface area contributed by atoms with E-state index in [9.17, 15) is 0 Å². The van der Waals surface area contributed by atoms with E-state index in [2.05, 4.69) is 97.6 Å². The SMILES string of the molecule is C=CC(=C)/C(C=C)=C(\C)c1c(CP/C=C2\CC2=C)ccc(=C)/c1=C\C.CC/C=C(/C)CCC. The molecule has 1 unspecified atom stereocenters. The Morgan fingerprint density at radius 1 is 1.09 bits per heavy atom. The minimum Gasteiger partial charge on any atom is -0.0985 e. The van der Waals surface area contributed by atoms with Crippen molar-refractivity contribution in [1.82, 2.24) is 0 Å². The molecule has 1 heteroatoms. The molecular formula is C32H43P. The normalized spacial score (nSPS) is 15.9. The molecule has 1 fully saturated rings. The molecule has 0 bridgehead atoms. The number of hydrogen-bond donors (Lipinski definition) is 0. The molecule has 33 heavy (non-hydrogen) atoms. The maximum Gasteiger partial charge on any atom is -0.00258 e. The van der Waals surface area contributed by atoms with E-state index < -0.39 is 0 Å². The van der Waals surface area contributed by atoms with Gasteiger partial charge in [0.1, 0.15) is 0 Å². The van der Waals surface area contributed by atoms with E-state index in [1.807, 2.05) is 6.08 Å². The Morgan fingerprint density at radius 3 is 2.24 bits per heavy atom. The van der Waals surface area contributed by atoms with Crippen LogP contribution in [0.5, 0.6) is 0 Å². The van der Waals surface area contributed by atoms with Crippen molar-refractivity contribution < 1.29 is 0 Å². The minimum absolute atomic E-state index is 0.763. The van der Waals surface area contributed by atoms with Crippen molar-refractivity contribution in [3.8, 4) is 0 Å². The van der Waals surface area contributed by atoms with E-state index in [1.165, 1.54) is 57.9 Å². The second-order valence-electron chi connectivity index (χ2n) is 8.47. The predicted molar refractivity (Wildman–Crippen MR) is 156 cm³/mol. The number of rotatable bonds is 10. The molecule has 0 N–H and O–H groups in total. The first-order chi connectivity index (χ1) is 15.7. The summed E-state index contributed by atoms with van der Waals surface area (Å²) in [5.41, 5.74) is 9.97. The van der Waals surface area contributed by atoms with Crippen molar-refractivity contribution in [2.75, 3.05) is 0 Å². The van der Waals surface area contributed by atoms with Gasteiger partial charge in [-0.1, -0.05) is 110 Å². The lowest BCUT2D eigenvalue weighted by atomic mass is 9.91. The van der Waals surface area contributed by atoms with Gasteiger partial charge in [-0.2, -0.15) is 0 Å². The summed E-state index contributed by atoms with van der Waals surface area (Å²) in [6, 6.07) is 4.32. The fourth-order valence-electron chi connectivity index (χ4n) is 3.87. The molecule has 1 aromatic carbocycles. The van der Waals surface area contributed by atoms with Gasteiger partial charge in [-0.25, -0.2) is 0 Å². The molecule has 0 heterocycles. The molecule has 0 aliphatic heterocycles. The van der Waals surface area contributed by atoms with Crippen LogP contribution in [0.25, 0.3) is 18.2 Å². The van der Waals surface area contributed by atoms with Crippen molar-refractivity contribution in [3.05, 3.63) is 112 Å². The van der Waals surface area contributed by atoms with Gasteiger partial charge in [0.25, 0.3) is 0 Å². The molecule has 0 aromatic heterocycles. The van der Waals surface area contributed by atoms with Crippen LogP contribution in [0.15, 0.2) is 90.4 Å². The second kappa shape index (κ2) is 14.7. The summed E-state index contributed by atoms with van der Waals surface area (Å²) < 4.78 is 0. The Kier molecular flexibility index (Phi) is 12.7. The molecule has 1 aliphatic rings. The van der Waals surface area contributed by atoms with E-state index in [-0.39, 0.29) is 0 Å². The first kappa shape index (κ1) is 28.6. The lowest BCUT2D eigenvalue weighted by Gasteiger charge is -2.15. The van der Waals surface area contributed by atoms with Gasteiger partial charge in [-0.3, -0.25) is 0 Å². The van der Waals surface area contributed by atoms with Crippen molar-refractivity contribution in [1.29, 1.82) is 0 Å². The summed E-state index contributed by atoms with van der Waals surface area (Å²) in [7, 11) is 0.763. The highest BCUT2D eigenvalue weighted by atomic mass is 31.1. The van der Waals surface area contributed by atoms with Gasteiger partial charge in [0.05, 0.1) is 0 Å². The van der Waals surface area contributed by atoms with E-state index in [1.54, 1.807) is 6.08 Å². The van der Waals surface area contributed by atoms with Gasteiger partial charge in [0.2, 0.25) is 0 Å². The first-order valence-electron chi connectivity index (χ1n) is 11.9. The molecule has 176 valence electrons. The van der Waals surface area contributed by atoms with Crippen LogP contribution >= 0.6 is 8.58 Å². The van der Waals surface area contributed by atoms with Gasteiger partial charge in [0, 0.05) is 0 Å². The Labute approximate surface area is 205 Å². The van der Waals surface area contributed by atoms with Crippen LogP contribution in [0.3, 0.4) is 0 Å². The van der Waals surface area contributed by atoms with Crippen molar-refractivity contribution >= 4 is 26.8 Å². The Balaban J connectivity index is 0.000000582. The maximum absolute atomic E-state index is 4.21. The summed E-state index contributed by atoms with van der Waals surface area (Å²) in [6.45, 7) is 31.0. The average molecular weight is 459 g/mol. The Morgan fingerprint density at radius 2 is 1.76 bits per heavy atom. The van der Waals surface area contributed by atoms with Gasteiger partial charge >= 0.3 is 0 Å². The molecule has 0 spiro atoms. The number of hydrogen-bond acceptors (Lipinski definition) is 0. The Bertz CT molecular complexity index is 1090. The third-order valence-electron chi connectivity index (χ3n) is 5.78. The van der Waals surface area contributed by atoms with Gasteiger partial charge in [-0.15, -0.1) is 0 Å². The largest absolute Gasteiger partial charge is 0.0985 e. The standard InChI is InChI=1S/C24H27P.C8H16/c1-8-16(4)22(9-2)19(7)24-20(12-11-17(5)23(24)10-3)14-25-15-21-13-18(21)6;1-4-6-8(3)7-5-2/h8-12,15,25H,1-2,4-6,13-14H2,3,7H3;6H,4-5,7H2,1-3H3/b21-15+,22-19+,23-10+;8-6-. The fraction of sp³-hybridized carbons (Fsp3) is 0.312. The van der Waals surface area contributed by atoms with Crippen molar-refractivity contribution in [3.63, 3.8) is 0 Å². The summed E-state index contributed by atoms with van der Waals surface area (Å²) in [5.74, 6) is 2.34. The van der Waals surface area contributed by atoms with Crippen LogP contribution in [0, 0.1) is 0 Å². The molecule has 0 amide bonds.